The van der Waals surface area contributed by atoms with Crippen molar-refractivity contribution in [1.29, 1.82) is 0 Å². The fourth-order valence-electron chi connectivity index (χ4n) is 1.44. The highest BCUT2D eigenvalue weighted by molar-refractivity contribution is 9.10. The normalized spacial score (nSPS) is 11.7. The number of urea groups is 1. The van der Waals surface area contributed by atoms with Crippen LogP contribution in [0.3, 0.4) is 0 Å². The van der Waals surface area contributed by atoms with Crippen LogP contribution in [-0.2, 0) is 4.79 Å². The number of hydrogen-bond donors (Lipinski definition) is 3. The van der Waals surface area contributed by atoms with Gasteiger partial charge in [0.2, 0.25) is 0 Å². The lowest BCUT2D eigenvalue weighted by Crippen LogP contribution is -2.42. The number of amides is 2. The third kappa shape index (κ3) is 4.75. The van der Waals surface area contributed by atoms with E-state index in [1.165, 1.54) is 0 Å². The molecule has 0 bridgehead atoms. The largest absolute Gasteiger partial charge is 0.480 e. The number of aliphatic carboxylic acids is 1. The first kappa shape index (κ1) is 14.5. The van der Waals surface area contributed by atoms with E-state index in [0.29, 0.717) is 18.5 Å². The van der Waals surface area contributed by atoms with E-state index in [-0.39, 0.29) is 0 Å². The van der Waals surface area contributed by atoms with Gasteiger partial charge in [-0.1, -0.05) is 35.3 Å². The Morgan fingerprint density at radius 2 is 2.17 bits per heavy atom. The van der Waals surface area contributed by atoms with Gasteiger partial charge in [0.1, 0.15) is 6.04 Å². The molecule has 0 aliphatic rings. The highest BCUT2D eigenvalue weighted by Crippen LogP contribution is 2.15. The molecule has 3 N–H and O–H groups in total. The van der Waals surface area contributed by atoms with Crippen molar-refractivity contribution in [3.8, 4) is 0 Å². The Morgan fingerprint density at radius 3 is 2.72 bits per heavy atom. The highest BCUT2D eigenvalue weighted by atomic mass is 79.9. The van der Waals surface area contributed by atoms with Gasteiger partial charge < -0.3 is 15.7 Å². The molecule has 18 heavy (non-hydrogen) atoms. The van der Waals surface area contributed by atoms with Crippen molar-refractivity contribution in [3.63, 3.8) is 0 Å². The summed E-state index contributed by atoms with van der Waals surface area (Å²) < 4.78 is 0.837. The number of benzene rings is 1. The van der Waals surface area contributed by atoms with Gasteiger partial charge in [0, 0.05) is 10.2 Å². The van der Waals surface area contributed by atoms with E-state index in [0.717, 1.165) is 4.47 Å². The Morgan fingerprint density at radius 1 is 1.44 bits per heavy atom. The van der Waals surface area contributed by atoms with Gasteiger partial charge in [-0.25, -0.2) is 9.59 Å². The van der Waals surface area contributed by atoms with Crippen molar-refractivity contribution >= 4 is 33.6 Å². The average molecular weight is 315 g/mol. The Labute approximate surface area is 114 Å². The van der Waals surface area contributed by atoms with E-state index in [1.807, 2.05) is 13.0 Å². The third-order valence-electron chi connectivity index (χ3n) is 2.26. The summed E-state index contributed by atoms with van der Waals surface area (Å²) in [7, 11) is 0. The number of carboxylic acids is 1. The highest BCUT2D eigenvalue weighted by Gasteiger charge is 2.18. The Kier molecular flexibility index (Phi) is 5.64. The number of rotatable bonds is 5. The minimum atomic E-state index is -1.03. The lowest BCUT2D eigenvalue weighted by atomic mass is 10.2. The van der Waals surface area contributed by atoms with Gasteiger partial charge in [-0.05, 0) is 24.6 Å². The van der Waals surface area contributed by atoms with Gasteiger partial charge >= 0.3 is 12.0 Å². The lowest BCUT2D eigenvalue weighted by Gasteiger charge is -2.14. The predicted octanol–water partition coefficient (Wildman–Crippen LogP) is 2.82. The molecule has 0 aliphatic carbocycles. The van der Waals surface area contributed by atoms with Crippen LogP contribution in [-0.4, -0.2) is 23.1 Å². The standard InChI is InChI=1S/C12H15BrN2O3/c1-2-4-10(11(16)17)15-12(18)14-9-6-3-5-8(13)7-9/h3,5-7,10H,2,4H2,1H3,(H,16,17)(H2,14,15,18)/t10-/m1/s1. The van der Waals surface area contributed by atoms with Crippen LogP contribution in [0, 0.1) is 0 Å². The Bertz CT molecular complexity index is 437. The van der Waals surface area contributed by atoms with Crippen LogP contribution in [0.1, 0.15) is 19.8 Å². The van der Waals surface area contributed by atoms with Gasteiger partial charge in [-0.3, -0.25) is 0 Å². The van der Waals surface area contributed by atoms with E-state index >= 15 is 0 Å². The van der Waals surface area contributed by atoms with Gasteiger partial charge in [0.05, 0.1) is 0 Å². The SMILES string of the molecule is CCC[C@@H](NC(=O)Nc1cccc(Br)c1)C(=O)O. The number of carboxylic acid groups (broad SMARTS) is 1. The summed E-state index contributed by atoms with van der Waals surface area (Å²) in [5.74, 6) is -1.03. The lowest BCUT2D eigenvalue weighted by molar-refractivity contribution is -0.139. The molecule has 1 atom stereocenters. The number of anilines is 1. The van der Waals surface area contributed by atoms with Gasteiger partial charge in [0.25, 0.3) is 0 Å². The first-order valence-corrected chi connectivity index (χ1v) is 6.38. The summed E-state index contributed by atoms with van der Waals surface area (Å²) in [6, 6.07) is 5.69. The number of carbonyl (C=O) groups is 2. The van der Waals surface area contributed by atoms with Crippen molar-refractivity contribution < 1.29 is 14.7 Å². The van der Waals surface area contributed by atoms with Crippen LogP contribution in [0.2, 0.25) is 0 Å². The topological polar surface area (TPSA) is 78.4 Å². The second kappa shape index (κ2) is 7.00. The third-order valence-corrected chi connectivity index (χ3v) is 2.76. The monoisotopic (exact) mass is 314 g/mol. The number of halogens is 1. The maximum absolute atomic E-state index is 11.6. The zero-order valence-corrected chi connectivity index (χ0v) is 11.5. The Hall–Kier alpha value is -1.56. The molecule has 0 aromatic heterocycles. The molecule has 0 radical (unpaired) electrons. The van der Waals surface area contributed by atoms with Crippen molar-refractivity contribution in [1.82, 2.24) is 5.32 Å². The summed E-state index contributed by atoms with van der Waals surface area (Å²) in [5, 5.41) is 13.9. The molecule has 1 aromatic rings. The van der Waals surface area contributed by atoms with Crippen LogP contribution in [0.5, 0.6) is 0 Å². The first-order chi connectivity index (χ1) is 8.52. The van der Waals surface area contributed by atoms with Crippen molar-refractivity contribution in [2.45, 2.75) is 25.8 Å². The number of carbonyl (C=O) groups excluding carboxylic acids is 1. The van der Waals surface area contributed by atoms with Crippen molar-refractivity contribution in [2.75, 3.05) is 5.32 Å². The van der Waals surface area contributed by atoms with E-state index in [9.17, 15) is 9.59 Å². The zero-order valence-electron chi connectivity index (χ0n) is 9.94. The molecular formula is C12H15BrN2O3. The maximum atomic E-state index is 11.6. The molecule has 0 saturated carbocycles. The zero-order chi connectivity index (χ0) is 13.5. The minimum Gasteiger partial charge on any atom is -0.480 e. The molecule has 0 heterocycles. The van der Waals surface area contributed by atoms with Crippen molar-refractivity contribution in [3.05, 3.63) is 28.7 Å². The Balaban J connectivity index is 2.57. The fraction of sp³-hybridized carbons (Fsp3) is 0.333. The van der Waals surface area contributed by atoms with Crippen molar-refractivity contribution in [2.24, 2.45) is 0 Å². The first-order valence-electron chi connectivity index (χ1n) is 5.58. The molecule has 6 heteroatoms. The molecule has 98 valence electrons. The molecular weight excluding hydrogens is 300 g/mol. The van der Waals surface area contributed by atoms with E-state index in [2.05, 4.69) is 26.6 Å². The van der Waals surface area contributed by atoms with Crippen LogP contribution in [0.25, 0.3) is 0 Å². The van der Waals surface area contributed by atoms with Gasteiger partial charge in [-0.2, -0.15) is 0 Å². The predicted molar refractivity (Wildman–Crippen MR) is 72.6 cm³/mol. The molecule has 1 aromatic carbocycles. The summed E-state index contributed by atoms with van der Waals surface area (Å²) in [4.78, 5) is 22.5. The number of nitrogens with one attached hydrogen (secondary N) is 2. The van der Waals surface area contributed by atoms with Gasteiger partial charge in [0.15, 0.2) is 0 Å². The van der Waals surface area contributed by atoms with E-state index in [4.69, 9.17) is 5.11 Å². The minimum absolute atomic E-state index is 0.404. The summed E-state index contributed by atoms with van der Waals surface area (Å²) >= 11 is 3.29. The van der Waals surface area contributed by atoms with E-state index in [1.54, 1.807) is 18.2 Å². The number of hydrogen-bond acceptors (Lipinski definition) is 2. The van der Waals surface area contributed by atoms with Crippen LogP contribution >= 0.6 is 15.9 Å². The summed E-state index contributed by atoms with van der Waals surface area (Å²) in [6.07, 6.45) is 1.09. The van der Waals surface area contributed by atoms with Gasteiger partial charge in [-0.15, -0.1) is 0 Å². The summed E-state index contributed by atoms with van der Waals surface area (Å²) in [5.41, 5.74) is 0.600. The molecule has 0 saturated heterocycles. The average Bonchev–Trinajstić information content (AvgIpc) is 2.28. The maximum Gasteiger partial charge on any atom is 0.326 e. The smallest absolute Gasteiger partial charge is 0.326 e. The van der Waals surface area contributed by atoms with Crippen LogP contribution in [0.15, 0.2) is 28.7 Å². The second-order valence-corrected chi connectivity index (χ2v) is 4.70. The molecule has 1 rings (SSSR count). The fourth-order valence-corrected chi connectivity index (χ4v) is 1.84. The molecule has 0 unspecified atom stereocenters. The van der Waals surface area contributed by atoms with Crippen LogP contribution in [0.4, 0.5) is 10.5 Å². The molecule has 0 fully saturated rings. The van der Waals surface area contributed by atoms with E-state index < -0.39 is 18.0 Å². The molecule has 5 nitrogen and oxygen atoms in total. The van der Waals surface area contributed by atoms with Crippen LogP contribution < -0.4 is 10.6 Å². The molecule has 2 amide bonds. The second-order valence-electron chi connectivity index (χ2n) is 3.79. The quantitative estimate of drug-likeness (QED) is 0.782. The summed E-state index contributed by atoms with van der Waals surface area (Å²) in [6.45, 7) is 1.86. The molecule has 0 aliphatic heterocycles. The molecule has 0 spiro atoms.